The molecule has 1 aliphatic rings. The van der Waals surface area contributed by atoms with E-state index in [4.69, 9.17) is 12.2 Å². The maximum absolute atomic E-state index is 5.50. The Morgan fingerprint density at radius 3 is 2.76 bits per heavy atom. The van der Waals surface area contributed by atoms with Gasteiger partial charge < -0.3 is 5.32 Å². The first-order chi connectivity index (χ1) is 7.99. The molecule has 1 nitrogen and oxygen atoms in total. The van der Waals surface area contributed by atoms with Crippen molar-refractivity contribution in [3.8, 4) is 11.1 Å². The van der Waals surface area contributed by atoms with Crippen LogP contribution in [0, 0.1) is 10.7 Å². The fourth-order valence-corrected chi connectivity index (χ4v) is 5.53. The lowest BCUT2D eigenvalue weighted by molar-refractivity contribution is 0.620. The lowest BCUT2D eigenvalue weighted by Gasteiger charge is -2.33. The minimum atomic E-state index is -0.0180. The molecule has 0 unspecified atom stereocenters. The summed E-state index contributed by atoms with van der Waals surface area (Å²) in [4.78, 5) is 1.37. The number of anilines is 1. The maximum Gasteiger partial charge on any atom is 0.110 e. The van der Waals surface area contributed by atoms with Gasteiger partial charge in [0, 0.05) is 16.8 Å². The van der Waals surface area contributed by atoms with Gasteiger partial charge in [-0.3, -0.25) is 0 Å². The molecule has 0 aliphatic carbocycles. The van der Waals surface area contributed by atoms with Crippen molar-refractivity contribution >= 4 is 38.6 Å². The maximum atomic E-state index is 5.50. The van der Waals surface area contributed by atoms with Crippen molar-refractivity contribution in [3.63, 3.8) is 0 Å². The smallest absolute Gasteiger partial charge is 0.110 e. The summed E-state index contributed by atoms with van der Waals surface area (Å²) in [5, 5.41) is 3.60. The van der Waals surface area contributed by atoms with Crippen molar-refractivity contribution in [2.75, 3.05) is 5.32 Å². The molecule has 0 fully saturated rings. The third-order valence-electron chi connectivity index (χ3n) is 3.09. The first-order valence-corrected chi connectivity index (χ1v) is 8.08. The summed E-state index contributed by atoms with van der Waals surface area (Å²) >= 11 is 5.50. The van der Waals surface area contributed by atoms with E-state index in [1.807, 2.05) is 0 Å². The largest absolute Gasteiger partial charge is 0.375 e. The Labute approximate surface area is 114 Å². The van der Waals surface area contributed by atoms with E-state index in [2.05, 4.69) is 44.3 Å². The van der Waals surface area contributed by atoms with E-state index in [1.165, 1.54) is 27.3 Å². The van der Waals surface area contributed by atoms with E-state index >= 15 is 0 Å². The Balaban J connectivity index is 2.39. The van der Waals surface area contributed by atoms with E-state index in [0.717, 1.165) is 3.82 Å². The zero-order valence-electron chi connectivity index (χ0n) is 9.96. The number of hydrogen-bond acceptors (Lipinski definition) is 4. The average molecular weight is 279 g/mol. The van der Waals surface area contributed by atoms with Gasteiger partial charge in [0.05, 0.1) is 10.4 Å². The molecule has 1 aromatic heterocycles. The zero-order chi connectivity index (χ0) is 12.2. The SMILES string of the molecule is Cc1ccc2c(c1)-c1c(ssc1=S)C(C)(C)N2. The molecule has 1 aliphatic heterocycles. The lowest BCUT2D eigenvalue weighted by Crippen LogP contribution is -2.30. The van der Waals surface area contributed by atoms with Crippen molar-refractivity contribution in [3.05, 3.63) is 32.5 Å². The molecule has 2 aromatic rings. The van der Waals surface area contributed by atoms with Crippen LogP contribution in [-0.2, 0) is 5.54 Å². The molecule has 0 spiro atoms. The zero-order valence-corrected chi connectivity index (χ0v) is 12.4. The molecule has 88 valence electrons. The van der Waals surface area contributed by atoms with Gasteiger partial charge in [0.2, 0.25) is 0 Å². The normalized spacial score (nSPS) is 15.9. The van der Waals surface area contributed by atoms with Crippen molar-refractivity contribution in [2.24, 2.45) is 0 Å². The Morgan fingerprint density at radius 2 is 2.00 bits per heavy atom. The molecule has 1 N–H and O–H groups in total. The van der Waals surface area contributed by atoms with Crippen LogP contribution in [-0.4, -0.2) is 0 Å². The topological polar surface area (TPSA) is 12.0 Å². The first-order valence-electron chi connectivity index (χ1n) is 5.52. The Kier molecular flexibility index (Phi) is 2.44. The minimum Gasteiger partial charge on any atom is -0.375 e. The highest BCUT2D eigenvalue weighted by molar-refractivity contribution is 7.80. The van der Waals surface area contributed by atoms with Crippen LogP contribution in [0.1, 0.15) is 24.3 Å². The minimum absolute atomic E-state index is 0.0180. The first kappa shape index (κ1) is 11.4. The number of nitrogens with one attached hydrogen (secondary N) is 1. The van der Waals surface area contributed by atoms with Gasteiger partial charge in [0.1, 0.15) is 3.82 Å². The fraction of sp³-hybridized carbons (Fsp3) is 0.308. The molecule has 0 atom stereocenters. The van der Waals surface area contributed by atoms with Crippen molar-refractivity contribution in [1.29, 1.82) is 0 Å². The van der Waals surface area contributed by atoms with Crippen LogP contribution in [0.2, 0.25) is 0 Å². The Morgan fingerprint density at radius 1 is 1.24 bits per heavy atom. The van der Waals surface area contributed by atoms with Gasteiger partial charge >= 0.3 is 0 Å². The van der Waals surface area contributed by atoms with Gasteiger partial charge in [-0.2, -0.15) is 0 Å². The van der Waals surface area contributed by atoms with E-state index in [9.17, 15) is 0 Å². The van der Waals surface area contributed by atoms with Gasteiger partial charge in [0.15, 0.2) is 0 Å². The number of aryl methyl sites for hydroxylation is 1. The highest BCUT2D eigenvalue weighted by atomic mass is 32.9. The second kappa shape index (κ2) is 3.64. The predicted molar refractivity (Wildman–Crippen MR) is 79.9 cm³/mol. The standard InChI is InChI=1S/C13H13NS3/c1-7-4-5-9-8(6-7)10-11(13(2,3)14-9)16-17-12(10)15/h4-6,14H,1-3H3. The van der Waals surface area contributed by atoms with Gasteiger partial charge in [-0.15, -0.1) is 0 Å². The van der Waals surface area contributed by atoms with Gasteiger partial charge in [-0.1, -0.05) is 44.5 Å². The van der Waals surface area contributed by atoms with E-state index in [-0.39, 0.29) is 5.54 Å². The summed E-state index contributed by atoms with van der Waals surface area (Å²) < 4.78 is 1.02. The van der Waals surface area contributed by atoms with Gasteiger partial charge in [-0.05, 0) is 32.9 Å². The van der Waals surface area contributed by atoms with E-state index in [1.54, 1.807) is 20.7 Å². The molecule has 1 aromatic carbocycles. The van der Waals surface area contributed by atoms with Crippen LogP contribution < -0.4 is 5.32 Å². The van der Waals surface area contributed by atoms with Crippen LogP contribution in [0.25, 0.3) is 11.1 Å². The summed E-state index contributed by atoms with van der Waals surface area (Å²) in [5.74, 6) is 0. The van der Waals surface area contributed by atoms with Crippen LogP contribution in [0.3, 0.4) is 0 Å². The molecule has 4 heteroatoms. The Hall–Kier alpha value is -0.710. The van der Waals surface area contributed by atoms with E-state index in [0.29, 0.717) is 0 Å². The summed E-state index contributed by atoms with van der Waals surface area (Å²) in [6.45, 7) is 6.55. The van der Waals surface area contributed by atoms with E-state index < -0.39 is 0 Å². The molecule has 2 heterocycles. The molecule has 0 amide bonds. The number of fused-ring (bicyclic) bond motifs is 3. The third-order valence-corrected chi connectivity index (χ3v) is 6.43. The lowest BCUT2D eigenvalue weighted by atomic mass is 9.89. The molecule has 0 radical (unpaired) electrons. The number of rotatable bonds is 0. The molecular weight excluding hydrogens is 266 g/mol. The second-order valence-electron chi connectivity index (χ2n) is 4.96. The second-order valence-corrected chi connectivity index (χ2v) is 7.77. The predicted octanol–water partition coefficient (Wildman–Crippen LogP) is 5.18. The molecule has 3 rings (SSSR count). The van der Waals surface area contributed by atoms with Crippen molar-refractivity contribution < 1.29 is 0 Å². The van der Waals surface area contributed by atoms with Gasteiger partial charge in [0.25, 0.3) is 0 Å². The quantitative estimate of drug-likeness (QED) is 0.527. The average Bonchev–Trinajstić information content (AvgIpc) is 2.63. The van der Waals surface area contributed by atoms with Crippen LogP contribution in [0.4, 0.5) is 5.69 Å². The highest BCUT2D eigenvalue weighted by Crippen LogP contribution is 2.48. The molecule has 0 saturated heterocycles. The van der Waals surface area contributed by atoms with Crippen molar-refractivity contribution in [2.45, 2.75) is 26.3 Å². The summed E-state index contributed by atoms with van der Waals surface area (Å²) in [6, 6.07) is 6.53. The molecular formula is C13H13NS3. The Bertz CT molecular complexity index is 649. The molecule has 17 heavy (non-hydrogen) atoms. The number of hydrogen-bond donors (Lipinski definition) is 1. The summed E-state index contributed by atoms with van der Waals surface area (Å²) in [7, 11) is 3.51. The molecule has 0 bridgehead atoms. The monoisotopic (exact) mass is 279 g/mol. The van der Waals surface area contributed by atoms with Crippen LogP contribution in [0.15, 0.2) is 18.2 Å². The third kappa shape index (κ3) is 1.66. The van der Waals surface area contributed by atoms with Crippen molar-refractivity contribution in [1.82, 2.24) is 0 Å². The highest BCUT2D eigenvalue weighted by Gasteiger charge is 2.32. The van der Waals surface area contributed by atoms with Crippen LogP contribution >= 0.6 is 32.9 Å². The summed E-state index contributed by atoms with van der Waals surface area (Å²) in [6.07, 6.45) is 0. The van der Waals surface area contributed by atoms with Crippen LogP contribution in [0.5, 0.6) is 0 Å². The fourth-order valence-electron chi connectivity index (χ4n) is 2.27. The molecule has 0 saturated carbocycles. The number of benzene rings is 1. The van der Waals surface area contributed by atoms with Gasteiger partial charge in [-0.25, -0.2) is 0 Å². The summed E-state index contributed by atoms with van der Waals surface area (Å²) in [5.41, 5.74) is 5.00.